The van der Waals surface area contributed by atoms with E-state index in [1.54, 1.807) is 27.4 Å². The second-order valence-electron chi connectivity index (χ2n) is 6.45. The lowest BCUT2D eigenvalue weighted by molar-refractivity contribution is 0.915. The fraction of sp³-hybridized carbons (Fsp3) is 0.0500. The highest BCUT2D eigenvalue weighted by Crippen LogP contribution is 2.35. The van der Waals surface area contributed by atoms with Crippen LogP contribution in [0.5, 0.6) is 0 Å². The highest BCUT2D eigenvalue weighted by Gasteiger charge is 2.19. The number of hydrogen-bond acceptors (Lipinski definition) is 6. The van der Waals surface area contributed by atoms with Crippen molar-refractivity contribution < 1.29 is 0 Å². The molecule has 5 aromatic rings. The monoisotopic (exact) mass is 366 g/mol. The quantitative estimate of drug-likeness (QED) is 0.514. The van der Waals surface area contributed by atoms with Gasteiger partial charge in [-0.05, 0) is 42.8 Å². The number of fused-ring (bicyclic) bond motifs is 2. The maximum atomic E-state index is 9.28. The zero-order valence-electron chi connectivity index (χ0n) is 14.9. The first-order chi connectivity index (χ1) is 13.6. The van der Waals surface area contributed by atoms with E-state index >= 15 is 0 Å². The van der Waals surface area contributed by atoms with Crippen LogP contribution in [0, 0.1) is 18.3 Å². The summed E-state index contributed by atoms with van der Waals surface area (Å²) in [5.41, 5.74) is 12.1. The van der Waals surface area contributed by atoms with Gasteiger partial charge in [-0.15, -0.1) is 0 Å². The molecule has 0 atom stereocenters. The standard InChI is InChI=1S/C20H14N8/c1-12-7-15(9-17-23-11-24-28(12)17)18-19(14-4-2-3-13(8-14)10-21)26-27-6-5-16(22)25-20(18)27/h2-9,11H,1H3,(H2,22,25). The Labute approximate surface area is 159 Å². The summed E-state index contributed by atoms with van der Waals surface area (Å²) in [7, 11) is 0. The first kappa shape index (κ1) is 16.0. The predicted octanol–water partition coefficient (Wildman–Crippen LogP) is 2.87. The van der Waals surface area contributed by atoms with Gasteiger partial charge < -0.3 is 5.73 Å². The average Bonchev–Trinajstić information content (AvgIpc) is 3.32. The summed E-state index contributed by atoms with van der Waals surface area (Å²) in [5.74, 6) is 0.409. The molecule has 0 saturated heterocycles. The van der Waals surface area contributed by atoms with Crippen LogP contribution in [0.1, 0.15) is 11.3 Å². The third-order valence-electron chi connectivity index (χ3n) is 4.62. The van der Waals surface area contributed by atoms with Crippen LogP contribution in [-0.2, 0) is 0 Å². The van der Waals surface area contributed by atoms with Crippen LogP contribution in [0.3, 0.4) is 0 Å². The molecule has 4 heterocycles. The van der Waals surface area contributed by atoms with Gasteiger partial charge in [0.25, 0.3) is 0 Å². The molecule has 1 aromatic carbocycles. The largest absolute Gasteiger partial charge is 0.384 e. The van der Waals surface area contributed by atoms with E-state index in [0.29, 0.717) is 17.0 Å². The Balaban J connectivity index is 1.87. The van der Waals surface area contributed by atoms with E-state index in [4.69, 9.17) is 10.8 Å². The van der Waals surface area contributed by atoms with E-state index in [1.165, 1.54) is 6.33 Å². The minimum Gasteiger partial charge on any atom is -0.384 e. The van der Waals surface area contributed by atoms with Gasteiger partial charge in [-0.1, -0.05) is 12.1 Å². The third kappa shape index (κ3) is 2.38. The fourth-order valence-electron chi connectivity index (χ4n) is 3.38. The van der Waals surface area contributed by atoms with Crippen LogP contribution >= 0.6 is 0 Å². The Hall–Kier alpha value is -4.25. The van der Waals surface area contributed by atoms with Crippen molar-refractivity contribution in [3.8, 4) is 28.5 Å². The number of nitriles is 1. The zero-order chi connectivity index (χ0) is 19.3. The van der Waals surface area contributed by atoms with E-state index in [-0.39, 0.29) is 0 Å². The number of anilines is 1. The Kier molecular flexibility index (Phi) is 3.36. The summed E-state index contributed by atoms with van der Waals surface area (Å²) in [6.45, 7) is 1.97. The van der Waals surface area contributed by atoms with Crippen molar-refractivity contribution in [2.45, 2.75) is 6.92 Å². The van der Waals surface area contributed by atoms with Gasteiger partial charge in [-0.3, -0.25) is 0 Å². The van der Waals surface area contributed by atoms with Gasteiger partial charge in [0.15, 0.2) is 11.3 Å². The average molecular weight is 366 g/mol. The maximum absolute atomic E-state index is 9.28. The highest BCUT2D eigenvalue weighted by molar-refractivity contribution is 5.91. The van der Waals surface area contributed by atoms with Gasteiger partial charge in [-0.2, -0.15) is 15.5 Å². The van der Waals surface area contributed by atoms with Crippen LogP contribution in [0.2, 0.25) is 0 Å². The summed E-state index contributed by atoms with van der Waals surface area (Å²) < 4.78 is 3.47. The molecule has 8 heteroatoms. The van der Waals surface area contributed by atoms with Crippen LogP contribution in [-0.4, -0.2) is 29.2 Å². The van der Waals surface area contributed by atoms with Gasteiger partial charge in [0.2, 0.25) is 0 Å². The summed E-state index contributed by atoms with van der Waals surface area (Å²) in [6, 6.07) is 15.2. The van der Waals surface area contributed by atoms with Crippen LogP contribution in [0.25, 0.3) is 33.7 Å². The Morgan fingerprint density at radius 3 is 2.86 bits per heavy atom. The fourth-order valence-corrected chi connectivity index (χ4v) is 3.38. The number of pyridine rings is 1. The molecule has 0 aliphatic rings. The van der Waals surface area contributed by atoms with Gasteiger partial charge in [0.05, 0.1) is 17.2 Å². The minimum absolute atomic E-state index is 0.409. The van der Waals surface area contributed by atoms with Crippen molar-refractivity contribution in [1.29, 1.82) is 5.26 Å². The molecule has 4 aromatic heterocycles. The SMILES string of the molecule is Cc1cc(-c2c(-c3cccc(C#N)c3)nn3ccc(N)nc23)cc2ncnn12. The molecule has 28 heavy (non-hydrogen) atoms. The predicted molar refractivity (Wildman–Crippen MR) is 104 cm³/mol. The van der Waals surface area contributed by atoms with Gasteiger partial charge in [-0.25, -0.2) is 19.0 Å². The third-order valence-corrected chi connectivity index (χ3v) is 4.62. The topological polar surface area (TPSA) is 110 Å². The number of nitrogens with zero attached hydrogens (tertiary/aromatic N) is 7. The Morgan fingerprint density at radius 1 is 1.11 bits per heavy atom. The molecule has 0 aliphatic heterocycles. The second kappa shape index (κ2) is 5.89. The van der Waals surface area contributed by atoms with Gasteiger partial charge in [0.1, 0.15) is 17.8 Å². The van der Waals surface area contributed by atoms with Crippen molar-refractivity contribution in [2.75, 3.05) is 5.73 Å². The van der Waals surface area contributed by atoms with E-state index in [2.05, 4.69) is 21.1 Å². The molecular weight excluding hydrogens is 352 g/mol. The highest BCUT2D eigenvalue weighted by atomic mass is 15.3. The second-order valence-corrected chi connectivity index (χ2v) is 6.45. The number of aryl methyl sites for hydroxylation is 1. The molecule has 0 spiro atoms. The number of nitrogens with two attached hydrogens (primary N) is 1. The summed E-state index contributed by atoms with van der Waals surface area (Å²) in [5, 5.41) is 18.2. The zero-order valence-corrected chi connectivity index (χ0v) is 14.9. The Morgan fingerprint density at radius 2 is 2.00 bits per heavy atom. The molecule has 2 N–H and O–H groups in total. The molecule has 0 amide bonds. The maximum Gasteiger partial charge on any atom is 0.165 e. The molecular formula is C20H14N8. The summed E-state index contributed by atoms with van der Waals surface area (Å²) >= 11 is 0. The van der Waals surface area contributed by atoms with E-state index < -0.39 is 0 Å². The number of aromatic nitrogens is 6. The Bertz CT molecular complexity index is 1400. The normalized spacial score (nSPS) is 11.1. The number of hydrogen-bond donors (Lipinski definition) is 1. The van der Waals surface area contributed by atoms with Crippen molar-refractivity contribution in [3.63, 3.8) is 0 Å². The minimum atomic E-state index is 0.409. The van der Waals surface area contributed by atoms with Gasteiger partial charge in [0, 0.05) is 17.5 Å². The molecule has 0 saturated carbocycles. The molecule has 0 bridgehead atoms. The molecule has 5 rings (SSSR count). The summed E-state index contributed by atoms with van der Waals surface area (Å²) in [6.07, 6.45) is 3.30. The number of nitrogen functional groups attached to an aromatic ring is 1. The van der Waals surface area contributed by atoms with Crippen LogP contribution < -0.4 is 5.73 Å². The lowest BCUT2D eigenvalue weighted by Crippen LogP contribution is -1.96. The molecule has 0 radical (unpaired) electrons. The number of rotatable bonds is 2. The first-order valence-electron chi connectivity index (χ1n) is 8.60. The summed E-state index contributed by atoms with van der Waals surface area (Å²) in [4.78, 5) is 8.82. The molecule has 0 aliphatic carbocycles. The van der Waals surface area contributed by atoms with Gasteiger partial charge >= 0.3 is 0 Å². The molecule has 0 fully saturated rings. The first-order valence-corrected chi connectivity index (χ1v) is 8.60. The molecule has 134 valence electrons. The van der Waals surface area contributed by atoms with Crippen molar-refractivity contribution >= 4 is 17.1 Å². The number of benzene rings is 1. The van der Waals surface area contributed by atoms with Crippen molar-refractivity contribution in [1.82, 2.24) is 29.2 Å². The lowest BCUT2D eigenvalue weighted by Gasteiger charge is -2.07. The van der Waals surface area contributed by atoms with Crippen LogP contribution in [0.15, 0.2) is 55.0 Å². The lowest BCUT2D eigenvalue weighted by atomic mass is 10.00. The van der Waals surface area contributed by atoms with E-state index in [1.807, 2.05) is 37.3 Å². The van der Waals surface area contributed by atoms with Crippen molar-refractivity contribution in [3.05, 3.63) is 66.2 Å². The smallest absolute Gasteiger partial charge is 0.165 e. The van der Waals surface area contributed by atoms with E-state index in [9.17, 15) is 5.26 Å². The van der Waals surface area contributed by atoms with Crippen LogP contribution in [0.4, 0.5) is 5.82 Å². The molecule has 8 nitrogen and oxygen atoms in total. The molecule has 0 unspecified atom stereocenters. The van der Waals surface area contributed by atoms with Crippen molar-refractivity contribution in [2.24, 2.45) is 0 Å². The van der Waals surface area contributed by atoms with E-state index in [0.717, 1.165) is 33.7 Å².